The van der Waals surface area contributed by atoms with Crippen LogP contribution in [0.25, 0.3) is 0 Å². The molecule has 0 aromatic heterocycles. The second-order valence-corrected chi connectivity index (χ2v) is 5.02. The van der Waals surface area contributed by atoms with Crippen molar-refractivity contribution < 1.29 is 14.6 Å². The first kappa shape index (κ1) is 13.6. The van der Waals surface area contributed by atoms with E-state index >= 15 is 0 Å². The highest BCUT2D eigenvalue weighted by Crippen LogP contribution is 2.26. The topological polar surface area (TPSA) is 46.5 Å². The molecule has 0 aliphatic rings. The Morgan fingerprint density at radius 2 is 2.00 bits per heavy atom. The van der Waals surface area contributed by atoms with Gasteiger partial charge in [-0.3, -0.25) is 4.79 Å². The standard InChI is InChI=1S/C14H20O3/c1-10-5-6-12(11(2)9-10)17-14(3,4)8-7-13(15)16/h5-6,9H,7-8H2,1-4H3,(H,15,16). The lowest BCUT2D eigenvalue weighted by atomic mass is 10.0. The van der Waals surface area contributed by atoms with Crippen LogP contribution in [0.15, 0.2) is 18.2 Å². The lowest BCUT2D eigenvalue weighted by Gasteiger charge is -2.27. The Morgan fingerprint density at radius 1 is 1.35 bits per heavy atom. The predicted octanol–water partition coefficient (Wildman–Crippen LogP) is 3.33. The van der Waals surface area contributed by atoms with Gasteiger partial charge in [0, 0.05) is 6.42 Å². The number of carboxylic acids is 1. The minimum atomic E-state index is -0.790. The summed E-state index contributed by atoms with van der Waals surface area (Å²) in [6.45, 7) is 7.85. The van der Waals surface area contributed by atoms with Crippen molar-refractivity contribution >= 4 is 5.97 Å². The first-order valence-electron chi connectivity index (χ1n) is 5.78. The van der Waals surface area contributed by atoms with E-state index in [0.29, 0.717) is 6.42 Å². The Labute approximate surface area is 102 Å². The Bertz CT molecular complexity index is 408. The number of carbonyl (C=O) groups is 1. The molecule has 0 fully saturated rings. The van der Waals surface area contributed by atoms with Gasteiger partial charge in [0.2, 0.25) is 0 Å². The molecule has 0 bridgehead atoms. The quantitative estimate of drug-likeness (QED) is 0.853. The summed E-state index contributed by atoms with van der Waals surface area (Å²) < 4.78 is 5.87. The van der Waals surface area contributed by atoms with Gasteiger partial charge < -0.3 is 9.84 Å². The van der Waals surface area contributed by atoms with Gasteiger partial charge in [0.15, 0.2) is 0 Å². The maximum Gasteiger partial charge on any atom is 0.303 e. The van der Waals surface area contributed by atoms with Crippen LogP contribution in [-0.2, 0) is 4.79 Å². The van der Waals surface area contributed by atoms with E-state index in [1.54, 1.807) is 0 Å². The van der Waals surface area contributed by atoms with Crippen LogP contribution in [0.3, 0.4) is 0 Å². The van der Waals surface area contributed by atoms with Crippen molar-refractivity contribution in [2.45, 2.75) is 46.1 Å². The normalized spacial score (nSPS) is 11.3. The van der Waals surface area contributed by atoms with E-state index < -0.39 is 11.6 Å². The van der Waals surface area contributed by atoms with Gasteiger partial charge in [0.25, 0.3) is 0 Å². The second-order valence-electron chi connectivity index (χ2n) is 5.02. The maximum absolute atomic E-state index is 10.6. The van der Waals surface area contributed by atoms with E-state index in [4.69, 9.17) is 9.84 Å². The van der Waals surface area contributed by atoms with Gasteiger partial charge >= 0.3 is 5.97 Å². The summed E-state index contributed by atoms with van der Waals surface area (Å²) >= 11 is 0. The predicted molar refractivity (Wildman–Crippen MR) is 67.5 cm³/mol. The van der Waals surface area contributed by atoms with Gasteiger partial charge in [-0.15, -0.1) is 0 Å². The molecule has 0 radical (unpaired) electrons. The highest BCUT2D eigenvalue weighted by Gasteiger charge is 2.21. The molecule has 0 unspecified atom stereocenters. The zero-order valence-electron chi connectivity index (χ0n) is 10.9. The molecule has 3 heteroatoms. The number of carboxylic acid groups (broad SMARTS) is 1. The molecule has 0 spiro atoms. The monoisotopic (exact) mass is 236 g/mol. The number of ether oxygens (including phenoxy) is 1. The third-order valence-electron chi connectivity index (χ3n) is 2.66. The van der Waals surface area contributed by atoms with Gasteiger partial charge in [-0.25, -0.2) is 0 Å². The van der Waals surface area contributed by atoms with Crippen molar-refractivity contribution in [2.75, 3.05) is 0 Å². The molecule has 1 aromatic rings. The Balaban J connectivity index is 2.72. The highest BCUT2D eigenvalue weighted by molar-refractivity contribution is 5.66. The van der Waals surface area contributed by atoms with Gasteiger partial charge in [0.1, 0.15) is 11.4 Å². The van der Waals surface area contributed by atoms with Crippen LogP contribution in [0.2, 0.25) is 0 Å². The van der Waals surface area contributed by atoms with Crippen molar-refractivity contribution in [3.8, 4) is 5.75 Å². The van der Waals surface area contributed by atoms with Gasteiger partial charge in [-0.05, 0) is 45.7 Å². The van der Waals surface area contributed by atoms with Crippen LogP contribution >= 0.6 is 0 Å². The van der Waals surface area contributed by atoms with E-state index in [0.717, 1.165) is 11.3 Å². The second kappa shape index (κ2) is 5.21. The van der Waals surface area contributed by atoms with Crippen LogP contribution in [0.4, 0.5) is 0 Å². The minimum absolute atomic E-state index is 0.123. The van der Waals surface area contributed by atoms with E-state index in [2.05, 4.69) is 6.07 Å². The van der Waals surface area contributed by atoms with E-state index in [-0.39, 0.29) is 6.42 Å². The van der Waals surface area contributed by atoms with Crippen molar-refractivity contribution in [1.82, 2.24) is 0 Å². The fourth-order valence-corrected chi connectivity index (χ4v) is 1.67. The summed E-state index contributed by atoms with van der Waals surface area (Å²) in [4.78, 5) is 10.6. The number of hydrogen-bond donors (Lipinski definition) is 1. The number of hydrogen-bond acceptors (Lipinski definition) is 2. The number of aliphatic carboxylic acids is 1. The Hall–Kier alpha value is -1.51. The summed E-state index contributed by atoms with van der Waals surface area (Å²) in [7, 11) is 0. The lowest BCUT2D eigenvalue weighted by molar-refractivity contribution is -0.138. The number of rotatable bonds is 5. The fraction of sp³-hybridized carbons (Fsp3) is 0.500. The molecule has 0 atom stereocenters. The summed E-state index contributed by atoms with van der Waals surface area (Å²) in [6.07, 6.45) is 0.619. The average Bonchev–Trinajstić information content (AvgIpc) is 2.20. The van der Waals surface area contributed by atoms with Crippen LogP contribution in [0.1, 0.15) is 37.8 Å². The van der Waals surface area contributed by atoms with Crippen molar-refractivity contribution in [3.05, 3.63) is 29.3 Å². The molecular weight excluding hydrogens is 216 g/mol. The number of benzene rings is 1. The Morgan fingerprint density at radius 3 is 2.53 bits per heavy atom. The lowest BCUT2D eigenvalue weighted by Crippen LogP contribution is -2.29. The third-order valence-corrected chi connectivity index (χ3v) is 2.66. The first-order valence-corrected chi connectivity index (χ1v) is 5.78. The van der Waals surface area contributed by atoms with Crippen molar-refractivity contribution in [2.24, 2.45) is 0 Å². The minimum Gasteiger partial charge on any atom is -0.488 e. The van der Waals surface area contributed by atoms with Gasteiger partial charge in [-0.1, -0.05) is 17.7 Å². The maximum atomic E-state index is 10.6. The summed E-state index contributed by atoms with van der Waals surface area (Å²) in [5.41, 5.74) is 1.81. The molecule has 17 heavy (non-hydrogen) atoms. The van der Waals surface area contributed by atoms with Crippen molar-refractivity contribution in [3.63, 3.8) is 0 Å². The highest BCUT2D eigenvalue weighted by atomic mass is 16.5. The molecule has 0 aliphatic carbocycles. The SMILES string of the molecule is Cc1ccc(OC(C)(C)CCC(=O)O)c(C)c1. The molecule has 1 rings (SSSR count). The van der Waals surface area contributed by atoms with Crippen LogP contribution in [0, 0.1) is 13.8 Å². The molecule has 0 aliphatic heterocycles. The van der Waals surface area contributed by atoms with Crippen molar-refractivity contribution in [1.29, 1.82) is 0 Å². The molecule has 0 saturated carbocycles. The van der Waals surface area contributed by atoms with Gasteiger partial charge in [0.05, 0.1) is 0 Å². The zero-order chi connectivity index (χ0) is 13.1. The molecule has 1 N–H and O–H groups in total. The molecule has 1 aromatic carbocycles. The summed E-state index contributed by atoms with van der Waals surface area (Å²) in [5.74, 6) is 0.0355. The third kappa shape index (κ3) is 4.47. The number of aryl methyl sites for hydroxylation is 2. The smallest absolute Gasteiger partial charge is 0.303 e. The largest absolute Gasteiger partial charge is 0.488 e. The van der Waals surface area contributed by atoms with Crippen LogP contribution < -0.4 is 4.74 Å². The first-order chi connectivity index (χ1) is 7.80. The molecule has 3 nitrogen and oxygen atoms in total. The summed E-state index contributed by atoms with van der Waals surface area (Å²) in [5, 5.41) is 8.68. The molecule has 0 saturated heterocycles. The van der Waals surface area contributed by atoms with Gasteiger partial charge in [-0.2, -0.15) is 0 Å². The molecule has 0 amide bonds. The van der Waals surface area contributed by atoms with Crippen LogP contribution in [-0.4, -0.2) is 16.7 Å². The average molecular weight is 236 g/mol. The zero-order valence-corrected chi connectivity index (χ0v) is 10.9. The van der Waals surface area contributed by atoms with E-state index in [1.165, 1.54) is 5.56 Å². The summed E-state index contributed by atoms with van der Waals surface area (Å²) in [6, 6.07) is 5.99. The molecular formula is C14H20O3. The van der Waals surface area contributed by atoms with E-state index in [9.17, 15) is 4.79 Å². The van der Waals surface area contributed by atoms with E-state index in [1.807, 2.05) is 39.8 Å². The molecule has 0 heterocycles. The fourth-order valence-electron chi connectivity index (χ4n) is 1.67. The van der Waals surface area contributed by atoms with Crippen LogP contribution in [0.5, 0.6) is 5.75 Å². The molecule has 94 valence electrons. The Kier molecular flexibility index (Phi) is 4.16.